The van der Waals surface area contributed by atoms with Gasteiger partial charge in [0.15, 0.2) is 0 Å². The number of amides is 2. The Morgan fingerprint density at radius 2 is 1.89 bits per heavy atom. The van der Waals surface area contributed by atoms with Gasteiger partial charge >= 0.3 is 0 Å². The van der Waals surface area contributed by atoms with Gasteiger partial charge in [0.2, 0.25) is 5.91 Å². The highest BCUT2D eigenvalue weighted by atomic mass is 16.2. The Morgan fingerprint density at radius 1 is 1.18 bits per heavy atom. The molecule has 0 bridgehead atoms. The molecule has 1 unspecified atom stereocenters. The zero-order valence-electron chi connectivity index (χ0n) is 16.1. The molecule has 1 saturated carbocycles. The standard InChI is InChI=1S/C22H24N4O2/c1-15(26-14-24-19-5-3-4-6-20(19)26)22(28)25(18-11-12-18)13-16-7-9-17(10-8-16)21(27)23-2/h3-10,14-15,18H,11-13H2,1-2H3,(H,23,27). The van der Waals surface area contributed by atoms with Crippen LogP contribution in [-0.2, 0) is 11.3 Å². The van der Waals surface area contributed by atoms with Crippen molar-refractivity contribution in [3.63, 3.8) is 0 Å². The Bertz CT molecular complexity index is 1000. The molecule has 2 amide bonds. The maximum absolute atomic E-state index is 13.3. The van der Waals surface area contributed by atoms with Gasteiger partial charge in [-0.1, -0.05) is 24.3 Å². The fourth-order valence-electron chi connectivity index (χ4n) is 3.52. The molecule has 1 N–H and O–H groups in total. The molecule has 0 spiro atoms. The number of nitrogens with one attached hydrogen (secondary N) is 1. The van der Waals surface area contributed by atoms with Crippen LogP contribution in [0.2, 0.25) is 0 Å². The summed E-state index contributed by atoms with van der Waals surface area (Å²) >= 11 is 0. The molecule has 0 aliphatic heterocycles. The van der Waals surface area contributed by atoms with Crippen molar-refractivity contribution < 1.29 is 9.59 Å². The molecule has 6 nitrogen and oxygen atoms in total. The van der Waals surface area contributed by atoms with Crippen LogP contribution in [0.1, 0.15) is 41.7 Å². The Balaban J connectivity index is 1.54. The number of hydrogen-bond donors (Lipinski definition) is 1. The predicted molar refractivity (Wildman–Crippen MR) is 108 cm³/mol. The zero-order valence-corrected chi connectivity index (χ0v) is 16.1. The third-order valence-electron chi connectivity index (χ3n) is 5.32. The van der Waals surface area contributed by atoms with Crippen LogP contribution >= 0.6 is 0 Å². The van der Waals surface area contributed by atoms with E-state index in [-0.39, 0.29) is 17.9 Å². The van der Waals surface area contributed by atoms with Crippen LogP contribution in [0.3, 0.4) is 0 Å². The number of hydrogen-bond acceptors (Lipinski definition) is 3. The largest absolute Gasteiger partial charge is 0.355 e. The Hall–Kier alpha value is -3.15. The van der Waals surface area contributed by atoms with Gasteiger partial charge in [-0.15, -0.1) is 0 Å². The molecule has 6 heteroatoms. The third kappa shape index (κ3) is 3.50. The minimum absolute atomic E-state index is 0.0982. The third-order valence-corrected chi connectivity index (χ3v) is 5.32. The lowest BCUT2D eigenvalue weighted by atomic mass is 10.1. The molecule has 144 valence electrons. The minimum Gasteiger partial charge on any atom is -0.355 e. The number of rotatable bonds is 6. The molecule has 2 aromatic carbocycles. The molecule has 1 fully saturated rings. The number of carbonyl (C=O) groups excluding carboxylic acids is 2. The molecule has 0 saturated heterocycles. The summed E-state index contributed by atoms with van der Waals surface area (Å²) in [7, 11) is 1.62. The van der Waals surface area contributed by atoms with Crippen LogP contribution < -0.4 is 5.32 Å². The van der Waals surface area contributed by atoms with Crippen molar-refractivity contribution in [1.29, 1.82) is 0 Å². The van der Waals surface area contributed by atoms with Crippen LogP contribution in [0.25, 0.3) is 11.0 Å². The van der Waals surface area contributed by atoms with E-state index in [1.165, 1.54) is 0 Å². The van der Waals surface area contributed by atoms with Crippen LogP contribution in [0.15, 0.2) is 54.9 Å². The van der Waals surface area contributed by atoms with E-state index in [2.05, 4.69) is 10.3 Å². The van der Waals surface area contributed by atoms with Crippen LogP contribution in [0, 0.1) is 0 Å². The van der Waals surface area contributed by atoms with Gasteiger partial charge in [0.05, 0.1) is 17.4 Å². The Labute approximate surface area is 164 Å². The summed E-state index contributed by atoms with van der Waals surface area (Å²) in [6, 6.07) is 15.3. The molecule has 1 aliphatic carbocycles. The summed E-state index contributed by atoms with van der Waals surface area (Å²) in [4.78, 5) is 31.4. The topological polar surface area (TPSA) is 67.2 Å². The van der Waals surface area contributed by atoms with Gasteiger partial charge < -0.3 is 14.8 Å². The van der Waals surface area contributed by atoms with Crippen molar-refractivity contribution in [2.45, 2.75) is 38.4 Å². The summed E-state index contributed by atoms with van der Waals surface area (Å²) in [6.45, 7) is 2.48. The highest BCUT2D eigenvalue weighted by Crippen LogP contribution is 2.31. The predicted octanol–water partition coefficient (Wildman–Crippen LogP) is 3.15. The van der Waals surface area contributed by atoms with Crippen LogP contribution in [0.5, 0.6) is 0 Å². The normalized spacial score (nSPS) is 14.6. The first-order chi connectivity index (χ1) is 13.6. The van der Waals surface area contributed by atoms with E-state index in [4.69, 9.17) is 0 Å². The molecular formula is C22H24N4O2. The summed E-state index contributed by atoms with van der Waals surface area (Å²) in [5, 5.41) is 2.62. The SMILES string of the molecule is CNC(=O)c1ccc(CN(C(=O)C(C)n2cnc3ccccc32)C2CC2)cc1. The molecule has 1 atom stereocenters. The van der Waals surface area contributed by atoms with E-state index >= 15 is 0 Å². The fourth-order valence-corrected chi connectivity index (χ4v) is 3.52. The number of nitrogens with zero attached hydrogens (tertiary/aromatic N) is 3. The Kier molecular flexibility index (Phi) is 4.86. The van der Waals surface area contributed by atoms with E-state index in [1.54, 1.807) is 25.5 Å². The summed E-state index contributed by atoms with van der Waals surface area (Å²) < 4.78 is 1.95. The second kappa shape index (κ2) is 7.46. The monoisotopic (exact) mass is 376 g/mol. The molecular weight excluding hydrogens is 352 g/mol. The molecule has 4 rings (SSSR count). The number of carbonyl (C=O) groups is 2. The van der Waals surface area contributed by atoms with Crippen molar-refractivity contribution in [1.82, 2.24) is 19.8 Å². The fraction of sp³-hybridized carbons (Fsp3) is 0.318. The van der Waals surface area contributed by atoms with Crippen molar-refractivity contribution in [2.24, 2.45) is 0 Å². The van der Waals surface area contributed by atoms with Crippen LogP contribution in [-0.4, -0.2) is 39.4 Å². The van der Waals surface area contributed by atoms with Crippen molar-refractivity contribution in [2.75, 3.05) is 7.05 Å². The van der Waals surface area contributed by atoms with Gasteiger partial charge in [0.25, 0.3) is 5.91 Å². The summed E-state index contributed by atoms with van der Waals surface area (Å²) in [5.74, 6) is -0.0108. The van der Waals surface area contributed by atoms with Gasteiger partial charge in [0, 0.05) is 25.2 Å². The van der Waals surface area contributed by atoms with Gasteiger partial charge in [-0.05, 0) is 49.6 Å². The summed E-state index contributed by atoms with van der Waals surface area (Å²) in [5.41, 5.74) is 3.50. The number of benzene rings is 2. The van der Waals surface area contributed by atoms with E-state index < -0.39 is 0 Å². The Morgan fingerprint density at radius 3 is 2.57 bits per heavy atom. The first kappa shape index (κ1) is 18.2. The average Bonchev–Trinajstić information content (AvgIpc) is 3.49. The number of aromatic nitrogens is 2. The molecule has 0 radical (unpaired) electrons. The first-order valence-corrected chi connectivity index (χ1v) is 9.61. The first-order valence-electron chi connectivity index (χ1n) is 9.61. The van der Waals surface area contributed by atoms with Crippen molar-refractivity contribution >= 4 is 22.8 Å². The number of para-hydroxylation sites is 2. The highest BCUT2D eigenvalue weighted by molar-refractivity contribution is 5.94. The lowest BCUT2D eigenvalue weighted by Gasteiger charge is -2.27. The zero-order chi connectivity index (χ0) is 19.7. The van der Waals surface area contributed by atoms with Crippen LogP contribution in [0.4, 0.5) is 0 Å². The van der Waals surface area contributed by atoms with E-state index in [1.807, 2.05) is 52.8 Å². The second-order valence-corrected chi connectivity index (χ2v) is 7.29. The molecule has 1 aliphatic rings. The molecule has 1 aromatic heterocycles. The molecule has 28 heavy (non-hydrogen) atoms. The molecule has 3 aromatic rings. The summed E-state index contributed by atoms with van der Waals surface area (Å²) in [6.07, 6.45) is 3.83. The highest BCUT2D eigenvalue weighted by Gasteiger charge is 2.35. The smallest absolute Gasteiger partial charge is 0.251 e. The minimum atomic E-state index is -0.321. The van der Waals surface area contributed by atoms with Crippen molar-refractivity contribution in [3.05, 3.63) is 66.0 Å². The lowest BCUT2D eigenvalue weighted by Crippen LogP contribution is -2.37. The quantitative estimate of drug-likeness (QED) is 0.719. The second-order valence-electron chi connectivity index (χ2n) is 7.29. The van der Waals surface area contributed by atoms with E-state index in [0.29, 0.717) is 18.2 Å². The van der Waals surface area contributed by atoms with E-state index in [0.717, 1.165) is 29.4 Å². The van der Waals surface area contributed by atoms with Crippen molar-refractivity contribution in [3.8, 4) is 0 Å². The maximum Gasteiger partial charge on any atom is 0.251 e. The van der Waals surface area contributed by atoms with Gasteiger partial charge in [-0.25, -0.2) is 4.98 Å². The maximum atomic E-state index is 13.3. The number of fused-ring (bicyclic) bond motifs is 1. The van der Waals surface area contributed by atoms with Gasteiger partial charge in [-0.3, -0.25) is 9.59 Å². The lowest BCUT2D eigenvalue weighted by molar-refractivity contribution is -0.135. The van der Waals surface area contributed by atoms with Gasteiger partial charge in [0.1, 0.15) is 6.04 Å². The van der Waals surface area contributed by atoms with E-state index in [9.17, 15) is 9.59 Å². The molecule has 1 heterocycles. The average molecular weight is 376 g/mol. The number of imidazole rings is 1. The van der Waals surface area contributed by atoms with Gasteiger partial charge in [-0.2, -0.15) is 0 Å².